The van der Waals surface area contributed by atoms with Gasteiger partial charge < -0.3 is 4.98 Å². The molecule has 2 aromatic rings. The highest BCUT2D eigenvalue weighted by molar-refractivity contribution is 7.09. The van der Waals surface area contributed by atoms with E-state index in [2.05, 4.69) is 16.9 Å². The molecule has 0 fully saturated rings. The van der Waals surface area contributed by atoms with Crippen LogP contribution in [0.5, 0.6) is 0 Å². The first-order chi connectivity index (χ1) is 8.65. The minimum Gasteiger partial charge on any atom is -0.325 e. The average Bonchev–Trinajstić information content (AvgIpc) is 2.78. The summed E-state index contributed by atoms with van der Waals surface area (Å²) in [4.78, 5) is 18.7. The second-order valence-corrected chi connectivity index (χ2v) is 4.98. The quantitative estimate of drug-likeness (QED) is 0.921. The zero-order valence-corrected chi connectivity index (χ0v) is 11.1. The largest absolute Gasteiger partial charge is 0.325 e. The summed E-state index contributed by atoms with van der Waals surface area (Å²) in [6.45, 7) is 3.93. The normalized spacial score (nSPS) is 10.3. The van der Waals surface area contributed by atoms with Crippen LogP contribution in [-0.2, 0) is 6.42 Å². The number of aryl methyl sites for hydroxylation is 2. The summed E-state index contributed by atoms with van der Waals surface area (Å²) in [5.74, 6) is 0. The Morgan fingerprint density at radius 2 is 2.33 bits per heavy atom. The minimum atomic E-state index is -0.345. The topological polar surface area (TPSA) is 69.5 Å². The molecule has 0 spiro atoms. The van der Waals surface area contributed by atoms with E-state index in [1.807, 2.05) is 18.4 Å². The van der Waals surface area contributed by atoms with Crippen LogP contribution >= 0.6 is 11.3 Å². The predicted octanol–water partition coefficient (Wildman–Crippen LogP) is 2.63. The number of aromatic amines is 1. The monoisotopic (exact) mass is 259 g/mol. The smallest absolute Gasteiger partial charge is 0.266 e. The van der Waals surface area contributed by atoms with Crippen LogP contribution < -0.4 is 5.56 Å². The van der Waals surface area contributed by atoms with E-state index in [0.717, 1.165) is 34.8 Å². The van der Waals surface area contributed by atoms with Crippen molar-refractivity contribution in [3.05, 3.63) is 38.1 Å². The van der Waals surface area contributed by atoms with E-state index >= 15 is 0 Å². The van der Waals surface area contributed by atoms with Crippen molar-refractivity contribution in [3.8, 4) is 17.3 Å². The van der Waals surface area contributed by atoms with Gasteiger partial charge in [0, 0.05) is 16.6 Å². The van der Waals surface area contributed by atoms with Crippen LogP contribution in [0.3, 0.4) is 0 Å². The van der Waals surface area contributed by atoms with Crippen molar-refractivity contribution >= 4 is 11.3 Å². The number of nitrogens with zero attached hydrogens (tertiary/aromatic N) is 2. The van der Waals surface area contributed by atoms with Crippen LogP contribution in [0.25, 0.3) is 11.3 Å². The van der Waals surface area contributed by atoms with Crippen LogP contribution in [0.2, 0.25) is 0 Å². The van der Waals surface area contributed by atoms with E-state index in [4.69, 9.17) is 5.26 Å². The Bertz CT molecular complexity index is 664. The SMILES string of the molecule is CCCc1nc(-c2cc(C#N)c(=O)[nH]c2C)cs1. The summed E-state index contributed by atoms with van der Waals surface area (Å²) < 4.78 is 0. The number of hydrogen-bond acceptors (Lipinski definition) is 4. The molecule has 1 N–H and O–H groups in total. The van der Waals surface area contributed by atoms with Crippen molar-refractivity contribution in [3.63, 3.8) is 0 Å². The van der Waals surface area contributed by atoms with Gasteiger partial charge in [-0.2, -0.15) is 5.26 Å². The van der Waals surface area contributed by atoms with E-state index in [-0.39, 0.29) is 11.1 Å². The summed E-state index contributed by atoms with van der Waals surface area (Å²) >= 11 is 1.61. The van der Waals surface area contributed by atoms with Crippen LogP contribution in [0.1, 0.15) is 29.6 Å². The molecule has 2 rings (SSSR count). The molecule has 0 bridgehead atoms. The lowest BCUT2D eigenvalue weighted by Gasteiger charge is -2.02. The fourth-order valence-electron chi connectivity index (χ4n) is 1.74. The second-order valence-electron chi connectivity index (χ2n) is 4.04. The van der Waals surface area contributed by atoms with Crippen molar-refractivity contribution in [2.45, 2.75) is 26.7 Å². The highest BCUT2D eigenvalue weighted by atomic mass is 32.1. The van der Waals surface area contributed by atoms with Crippen molar-refractivity contribution in [2.75, 3.05) is 0 Å². The fraction of sp³-hybridized carbons (Fsp3) is 0.308. The first-order valence-corrected chi connectivity index (χ1v) is 6.62. The molecule has 92 valence electrons. The van der Waals surface area contributed by atoms with E-state index < -0.39 is 0 Å². The van der Waals surface area contributed by atoms with Gasteiger partial charge >= 0.3 is 0 Å². The maximum Gasteiger partial charge on any atom is 0.266 e. The van der Waals surface area contributed by atoms with E-state index in [9.17, 15) is 4.79 Å². The van der Waals surface area contributed by atoms with E-state index in [0.29, 0.717) is 0 Å². The van der Waals surface area contributed by atoms with E-state index in [1.165, 1.54) is 0 Å². The molecule has 0 saturated heterocycles. The van der Waals surface area contributed by atoms with Crippen molar-refractivity contribution in [2.24, 2.45) is 0 Å². The summed E-state index contributed by atoms with van der Waals surface area (Å²) in [7, 11) is 0. The fourth-order valence-corrected chi connectivity index (χ4v) is 2.64. The number of nitrogens with one attached hydrogen (secondary N) is 1. The summed E-state index contributed by atoms with van der Waals surface area (Å²) in [5.41, 5.74) is 2.18. The molecule has 0 atom stereocenters. The molecule has 18 heavy (non-hydrogen) atoms. The number of rotatable bonds is 3. The van der Waals surface area contributed by atoms with Gasteiger partial charge in [-0.1, -0.05) is 6.92 Å². The number of pyridine rings is 1. The van der Waals surface area contributed by atoms with Crippen LogP contribution in [0.15, 0.2) is 16.2 Å². The van der Waals surface area contributed by atoms with Gasteiger partial charge in [0.2, 0.25) is 0 Å². The van der Waals surface area contributed by atoms with Gasteiger partial charge in [-0.15, -0.1) is 11.3 Å². The zero-order chi connectivity index (χ0) is 13.1. The molecular weight excluding hydrogens is 246 g/mol. The number of aromatic nitrogens is 2. The summed E-state index contributed by atoms with van der Waals surface area (Å²) in [6.07, 6.45) is 2.01. The lowest BCUT2D eigenvalue weighted by Crippen LogP contribution is -2.12. The Hall–Kier alpha value is -1.93. The number of thiazole rings is 1. The summed E-state index contributed by atoms with van der Waals surface area (Å²) in [6, 6.07) is 3.51. The predicted molar refractivity (Wildman–Crippen MR) is 71.6 cm³/mol. The Labute approximate surface area is 109 Å². The van der Waals surface area contributed by atoms with Gasteiger partial charge in [0.1, 0.15) is 11.6 Å². The zero-order valence-electron chi connectivity index (χ0n) is 10.3. The molecule has 2 aromatic heterocycles. The molecule has 0 aliphatic carbocycles. The Balaban J connectivity index is 2.50. The maximum atomic E-state index is 11.5. The van der Waals surface area contributed by atoms with Gasteiger partial charge in [0.25, 0.3) is 5.56 Å². The van der Waals surface area contributed by atoms with Gasteiger partial charge in [0.15, 0.2) is 0 Å². The third-order valence-electron chi connectivity index (χ3n) is 2.65. The van der Waals surface area contributed by atoms with Gasteiger partial charge in [-0.3, -0.25) is 4.79 Å². The molecule has 0 radical (unpaired) electrons. The molecule has 0 aromatic carbocycles. The third-order valence-corrected chi connectivity index (χ3v) is 3.56. The lowest BCUT2D eigenvalue weighted by atomic mass is 10.1. The van der Waals surface area contributed by atoms with Crippen molar-refractivity contribution in [1.29, 1.82) is 5.26 Å². The van der Waals surface area contributed by atoms with Gasteiger partial charge in [-0.25, -0.2) is 4.98 Å². The highest BCUT2D eigenvalue weighted by Crippen LogP contribution is 2.24. The second kappa shape index (κ2) is 5.15. The molecule has 2 heterocycles. The van der Waals surface area contributed by atoms with Crippen LogP contribution in [-0.4, -0.2) is 9.97 Å². The first-order valence-electron chi connectivity index (χ1n) is 5.74. The Kier molecular flexibility index (Phi) is 3.58. The third kappa shape index (κ3) is 2.34. The molecule has 0 unspecified atom stereocenters. The molecular formula is C13H13N3OS. The molecule has 5 heteroatoms. The Morgan fingerprint density at radius 3 is 3.00 bits per heavy atom. The van der Waals surface area contributed by atoms with Crippen LogP contribution in [0, 0.1) is 18.3 Å². The summed E-state index contributed by atoms with van der Waals surface area (Å²) in [5, 5.41) is 11.9. The van der Waals surface area contributed by atoms with Gasteiger partial charge in [0.05, 0.1) is 10.7 Å². The molecule has 0 aliphatic heterocycles. The standard InChI is InChI=1S/C13H13N3OS/c1-3-4-12-16-11(7-18-12)10-5-9(6-14)13(17)15-8(10)2/h5,7H,3-4H2,1-2H3,(H,15,17). The number of H-pyrrole nitrogens is 1. The molecule has 4 nitrogen and oxygen atoms in total. The molecule has 0 saturated carbocycles. The molecule has 0 amide bonds. The Morgan fingerprint density at radius 1 is 1.56 bits per heavy atom. The number of hydrogen-bond donors (Lipinski definition) is 1. The van der Waals surface area contributed by atoms with Gasteiger partial charge in [-0.05, 0) is 25.8 Å². The maximum absolute atomic E-state index is 11.5. The van der Waals surface area contributed by atoms with Crippen molar-refractivity contribution < 1.29 is 0 Å². The minimum absolute atomic E-state index is 0.126. The average molecular weight is 259 g/mol. The number of nitriles is 1. The van der Waals surface area contributed by atoms with Crippen LogP contribution in [0.4, 0.5) is 0 Å². The van der Waals surface area contributed by atoms with Crippen molar-refractivity contribution in [1.82, 2.24) is 9.97 Å². The lowest BCUT2D eigenvalue weighted by molar-refractivity contribution is 0.909. The first kappa shape index (κ1) is 12.5. The van der Waals surface area contributed by atoms with E-state index in [1.54, 1.807) is 17.4 Å². The highest BCUT2D eigenvalue weighted by Gasteiger charge is 2.10. The molecule has 0 aliphatic rings.